The summed E-state index contributed by atoms with van der Waals surface area (Å²) < 4.78 is 0. The molecule has 0 radical (unpaired) electrons. The predicted octanol–water partition coefficient (Wildman–Crippen LogP) is 0.263. The largest absolute Gasteiger partial charge is 0.324 e. The summed E-state index contributed by atoms with van der Waals surface area (Å²) in [5.74, 6) is 0.704. The Morgan fingerprint density at radius 1 is 1.54 bits per heavy atom. The third-order valence-corrected chi connectivity index (χ3v) is 3.01. The first kappa shape index (κ1) is 11.0. The number of hydrogen-bond donors (Lipinski definition) is 2. The molecule has 0 bridgehead atoms. The lowest BCUT2D eigenvalue weighted by Crippen LogP contribution is -2.56. The van der Waals surface area contributed by atoms with Crippen LogP contribution >= 0.6 is 0 Å². The Morgan fingerprint density at radius 2 is 2.15 bits per heavy atom. The summed E-state index contributed by atoms with van der Waals surface area (Å²) in [7, 11) is 4.19. The van der Waals surface area contributed by atoms with Gasteiger partial charge in [-0.25, -0.2) is 0 Å². The molecule has 0 aromatic heterocycles. The van der Waals surface area contributed by atoms with Gasteiger partial charge in [-0.2, -0.15) is 0 Å². The van der Waals surface area contributed by atoms with Crippen LogP contribution in [-0.4, -0.2) is 43.7 Å². The molecule has 2 unspecified atom stereocenters. The Bertz CT molecular complexity index is 162. The zero-order chi connectivity index (χ0) is 10.1. The summed E-state index contributed by atoms with van der Waals surface area (Å²) in [6.45, 7) is 6.59. The van der Waals surface area contributed by atoms with Crippen molar-refractivity contribution in [1.82, 2.24) is 10.2 Å². The van der Waals surface area contributed by atoms with Crippen molar-refractivity contribution in [1.29, 1.82) is 0 Å². The van der Waals surface area contributed by atoms with Crippen LogP contribution in [0.25, 0.3) is 0 Å². The molecule has 0 aromatic carbocycles. The molecular weight excluding hydrogens is 162 g/mol. The molecule has 1 heterocycles. The summed E-state index contributed by atoms with van der Waals surface area (Å²) >= 11 is 0. The molecule has 0 aliphatic carbocycles. The van der Waals surface area contributed by atoms with E-state index in [1.54, 1.807) is 0 Å². The number of nitrogens with one attached hydrogen (secondary N) is 1. The number of nitrogens with zero attached hydrogens (tertiary/aromatic N) is 1. The van der Waals surface area contributed by atoms with Crippen LogP contribution in [0.4, 0.5) is 0 Å². The number of hydrogen-bond acceptors (Lipinski definition) is 3. The molecule has 0 amide bonds. The van der Waals surface area contributed by atoms with Crippen molar-refractivity contribution < 1.29 is 0 Å². The van der Waals surface area contributed by atoms with Crippen LogP contribution < -0.4 is 11.1 Å². The summed E-state index contributed by atoms with van der Waals surface area (Å²) in [4.78, 5) is 2.38. The molecule has 1 rings (SSSR count). The van der Waals surface area contributed by atoms with Crippen LogP contribution in [0.1, 0.15) is 20.3 Å². The number of rotatable bonds is 3. The first-order chi connectivity index (χ1) is 5.95. The van der Waals surface area contributed by atoms with E-state index in [0.717, 1.165) is 0 Å². The van der Waals surface area contributed by atoms with Gasteiger partial charge in [0, 0.05) is 18.1 Å². The van der Waals surface area contributed by atoms with E-state index < -0.39 is 0 Å². The van der Waals surface area contributed by atoms with Crippen LogP contribution in [-0.2, 0) is 0 Å². The molecule has 0 saturated carbocycles. The Balaban J connectivity index is 2.57. The summed E-state index contributed by atoms with van der Waals surface area (Å²) in [5.41, 5.74) is 6.01. The molecule has 2 atom stereocenters. The quantitative estimate of drug-likeness (QED) is 0.663. The molecule has 1 aliphatic rings. The Labute approximate surface area is 81.7 Å². The third kappa shape index (κ3) is 2.66. The van der Waals surface area contributed by atoms with Gasteiger partial charge in [0.25, 0.3) is 0 Å². The summed E-state index contributed by atoms with van der Waals surface area (Å²) in [5, 5.41) is 3.35. The maximum absolute atomic E-state index is 6.13. The highest BCUT2D eigenvalue weighted by molar-refractivity contribution is 4.95. The smallest absolute Gasteiger partial charge is 0.0280 e. The second-order valence-corrected chi connectivity index (χ2v) is 4.90. The van der Waals surface area contributed by atoms with E-state index in [0.29, 0.717) is 12.0 Å². The zero-order valence-electron chi connectivity index (χ0n) is 9.30. The Kier molecular flexibility index (Phi) is 3.33. The molecule has 3 heteroatoms. The molecule has 3 N–H and O–H groups in total. The van der Waals surface area contributed by atoms with Gasteiger partial charge in [-0.3, -0.25) is 0 Å². The summed E-state index contributed by atoms with van der Waals surface area (Å²) in [6, 6.07) is 0.428. The normalized spacial score (nSPS) is 27.9. The number of nitrogens with two attached hydrogens (primary N) is 1. The van der Waals surface area contributed by atoms with Gasteiger partial charge in [-0.05, 0) is 46.8 Å². The highest BCUT2D eigenvalue weighted by Gasteiger charge is 2.34. The topological polar surface area (TPSA) is 41.3 Å². The van der Waals surface area contributed by atoms with Gasteiger partial charge >= 0.3 is 0 Å². The fourth-order valence-corrected chi connectivity index (χ4v) is 2.46. The van der Waals surface area contributed by atoms with Gasteiger partial charge in [0.15, 0.2) is 0 Å². The fraction of sp³-hybridized carbons (Fsp3) is 1.00. The SMILES string of the molecule is CNC(C1CCN(C)C1)C(C)(C)N. The highest BCUT2D eigenvalue weighted by Crippen LogP contribution is 2.23. The van der Waals surface area contributed by atoms with E-state index in [2.05, 4.69) is 31.1 Å². The molecule has 13 heavy (non-hydrogen) atoms. The maximum Gasteiger partial charge on any atom is 0.0280 e. The molecule has 3 nitrogen and oxygen atoms in total. The summed E-state index contributed by atoms with van der Waals surface area (Å²) in [6.07, 6.45) is 1.27. The van der Waals surface area contributed by atoms with E-state index in [-0.39, 0.29) is 5.54 Å². The van der Waals surface area contributed by atoms with Crippen molar-refractivity contribution in [3.8, 4) is 0 Å². The lowest BCUT2D eigenvalue weighted by molar-refractivity contribution is 0.258. The maximum atomic E-state index is 6.13. The van der Waals surface area contributed by atoms with Gasteiger partial charge in [-0.1, -0.05) is 0 Å². The van der Waals surface area contributed by atoms with Crippen LogP contribution in [0, 0.1) is 5.92 Å². The van der Waals surface area contributed by atoms with Crippen molar-refractivity contribution in [3.63, 3.8) is 0 Å². The van der Waals surface area contributed by atoms with Crippen molar-refractivity contribution in [2.24, 2.45) is 11.7 Å². The Hall–Kier alpha value is -0.120. The van der Waals surface area contributed by atoms with Gasteiger partial charge < -0.3 is 16.0 Å². The minimum Gasteiger partial charge on any atom is -0.324 e. The van der Waals surface area contributed by atoms with Crippen LogP contribution in [0.3, 0.4) is 0 Å². The van der Waals surface area contributed by atoms with Crippen LogP contribution in [0.15, 0.2) is 0 Å². The van der Waals surface area contributed by atoms with E-state index in [1.807, 2.05) is 7.05 Å². The molecule has 1 saturated heterocycles. The van der Waals surface area contributed by atoms with Crippen LogP contribution in [0.5, 0.6) is 0 Å². The highest BCUT2D eigenvalue weighted by atomic mass is 15.1. The second kappa shape index (κ2) is 3.95. The molecule has 78 valence electrons. The minimum atomic E-state index is -0.120. The monoisotopic (exact) mass is 185 g/mol. The molecule has 0 aromatic rings. The van der Waals surface area contributed by atoms with Crippen molar-refractivity contribution in [2.45, 2.75) is 31.8 Å². The Morgan fingerprint density at radius 3 is 2.46 bits per heavy atom. The van der Waals surface area contributed by atoms with Crippen molar-refractivity contribution in [2.75, 3.05) is 27.2 Å². The van der Waals surface area contributed by atoms with Gasteiger partial charge in [-0.15, -0.1) is 0 Å². The third-order valence-electron chi connectivity index (χ3n) is 3.01. The van der Waals surface area contributed by atoms with Gasteiger partial charge in [0.2, 0.25) is 0 Å². The number of likely N-dealkylation sites (tertiary alicyclic amines) is 1. The number of likely N-dealkylation sites (N-methyl/N-ethyl adjacent to an activating group) is 1. The fourth-order valence-electron chi connectivity index (χ4n) is 2.46. The lowest BCUT2D eigenvalue weighted by Gasteiger charge is -2.34. The van der Waals surface area contributed by atoms with Gasteiger partial charge in [0.05, 0.1) is 0 Å². The lowest BCUT2D eigenvalue weighted by atomic mass is 9.84. The predicted molar refractivity (Wildman–Crippen MR) is 56.7 cm³/mol. The van der Waals surface area contributed by atoms with Crippen LogP contribution in [0.2, 0.25) is 0 Å². The average Bonchev–Trinajstić information content (AvgIpc) is 2.34. The van der Waals surface area contributed by atoms with E-state index in [4.69, 9.17) is 5.73 Å². The van der Waals surface area contributed by atoms with Gasteiger partial charge in [0.1, 0.15) is 0 Å². The van der Waals surface area contributed by atoms with E-state index in [1.165, 1.54) is 19.5 Å². The van der Waals surface area contributed by atoms with Crippen molar-refractivity contribution >= 4 is 0 Å². The average molecular weight is 185 g/mol. The minimum absolute atomic E-state index is 0.120. The second-order valence-electron chi connectivity index (χ2n) is 4.90. The van der Waals surface area contributed by atoms with E-state index in [9.17, 15) is 0 Å². The standard InChI is InChI=1S/C10H23N3/c1-10(2,11)9(12-3)8-5-6-13(4)7-8/h8-9,12H,5-7,11H2,1-4H3. The molecular formula is C10H23N3. The molecule has 1 fully saturated rings. The van der Waals surface area contributed by atoms with Crippen molar-refractivity contribution in [3.05, 3.63) is 0 Å². The molecule has 1 aliphatic heterocycles. The van der Waals surface area contributed by atoms with E-state index >= 15 is 0 Å². The molecule has 0 spiro atoms. The first-order valence-electron chi connectivity index (χ1n) is 5.10. The zero-order valence-corrected chi connectivity index (χ0v) is 9.30. The first-order valence-corrected chi connectivity index (χ1v) is 5.10.